The standard InChI is InChI=1S/C15H21NO.C13H25NO/c1-14(2)11-8-9-15(14,13(17)10-11)16-12-6-4-3-5-7-12;1-9(2)8-14-13-6-5-10(7-11(13)15)12(13,3)4/h3-7,11,13,16-17H,8-10H2,1-2H3;9-11,14-15H,5-8H2,1-4H3. The molecule has 6 atom stereocenters. The topological polar surface area (TPSA) is 64.5 Å². The lowest BCUT2D eigenvalue weighted by Crippen LogP contribution is -2.58. The first-order valence-corrected chi connectivity index (χ1v) is 12.9. The number of fused-ring (bicyclic) bond motifs is 4. The lowest BCUT2D eigenvalue weighted by Gasteiger charge is -2.42. The molecule has 4 nitrogen and oxygen atoms in total. The van der Waals surface area contributed by atoms with Crippen molar-refractivity contribution in [2.45, 2.75) is 103 Å². The fourth-order valence-electron chi connectivity index (χ4n) is 7.76. The molecule has 0 amide bonds. The SMILES string of the molecule is CC(C)CNC12CCC(CC1O)C2(C)C.CC1(C)C2CCC1(Nc1ccccc1)C(O)C2. The van der Waals surface area contributed by atoms with Crippen LogP contribution in [0.2, 0.25) is 0 Å². The van der Waals surface area contributed by atoms with E-state index in [0.717, 1.165) is 37.9 Å². The van der Waals surface area contributed by atoms with E-state index >= 15 is 0 Å². The Morgan fingerprint density at radius 2 is 1.34 bits per heavy atom. The van der Waals surface area contributed by atoms with Gasteiger partial charge in [0.2, 0.25) is 0 Å². The maximum Gasteiger partial charge on any atom is 0.0777 e. The fourth-order valence-corrected chi connectivity index (χ4v) is 7.76. The van der Waals surface area contributed by atoms with Gasteiger partial charge < -0.3 is 20.8 Å². The highest BCUT2D eigenvalue weighted by molar-refractivity contribution is 5.48. The Hall–Kier alpha value is -1.10. The summed E-state index contributed by atoms with van der Waals surface area (Å²) in [6.45, 7) is 14.7. The van der Waals surface area contributed by atoms with E-state index in [1.807, 2.05) is 18.2 Å². The summed E-state index contributed by atoms with van der Waals surface area (Å²) in [5.74, 6) is 2.03. The van der Waals surface area contributed by atoms with Crippen LogP contribution in [0.4, 0.5) is 5.69 Å². The molecule has 1 aromatic rings. The molecule has 0 saturated heterocycles. The Balaban J connectivity index is 0.000000155. The van der Waals surface area contributed by atoms with Crippen molar-refractivity contribution < 1.29 is 10.2 Å². The number of nitrogens with one attached hydrogen (secondary N) is 2. The molecule has 180 valence electrons. The zero-order valence-electron chi connectivity index (χ0n) is 21.1. The molecular weight excluding hydrogens is 396 g/mol. The van der Waals surface area contributed by atoms with Crippen molar-refractivity contribution in [3.63, 3.8) is 0 Å². The highest BCUT2D eigenvalue weighted by Crippen LogP contribution is 2.61. The van der Waals surface area contributed by atoms with Crippen molar-refractivity contribution >= 4 is 5.69 Å². The van der Waals surface area contributed by atoms with Gasteiger partial charge in [-0.25, -0.2) is 0 Å². The summed E-state index contributed by atoms with van der Waals surface area (Å²) in [6, 6.07) is 10.3. The van der Waals surface area contributed by atoms with E-state index in [0.29, 0.717) is 17.8 Å². The predicted molar refractivity (Wildman–Crippen MR) is 133 cm³/mol. The molecule has 0 aliphatic heterocycles. The first kappa shape index (κ1) is 24.0. The van der Waals surface area contributed by atoms with Crippen molar-refractivity contribution in [2.24, 2.45) is 28.6 Å². The average molecular weight is 443 g/mol. The molecule has 32 heavy (non-hydrogen) atoms. The fraction of sp³-hybridized carbons (Fsp3) is 0.786. The molecule has 1 aromatic carbocycles. The summed E-state index contributed by atoms with van der Waals surface area (Å²) >= 11 is 0. The van der Waals surface area contributed by atoms with Gasteiger partial charge in [-0.3, -0.25) is 0 Å². The minimum Gasteiger partial charge on any atom is -0.391 e. The number of rotatable bonds is 5. The highest BCUT2D eigenvalue weighted by Gasteiger charge is 2.64. The molecule has 4 bridgehead atoms. The van der Waals surface area contributed by atoms with E-state index in [2.05, 4.69) is 64.3 Å². The van der Waals surface area contributed by atoms with Gasteiger partial charge in [0.05, 0.1) is 17.7 Å². The molecule has 4 heteroatoms. The highest BCUT2D eigenvalue weighted by atomic mass is 16.3. The lowest BCUT2D eigenvalue weighted by atomic mass is 9.75. The summed E-state index contributed by atoms with van der Waals surface area (Å²) in [5.41, 5.74) is 1.45. The number of para-hydroxylation sites is 1. The maximum absolute atomic E-state index is 10.4. The van der Waals surface area contributed by atoms with Gasteiger partial charge in [0.1, 0.15) is 0 Å². The third-order valence-corrected chi connectivity index (χ3v) is 10.2. The van der Waals surface area contributed by atoms with E-state index < -0.39 is 0 Å². The maximum atomic E-state index is 10.4. The quantitative estimate of drug-likeness (QED) is 0.505. The number of aliphatic hydroxyl groups excluding tert-OH is 2. The van der Waals surface area contributed by atoms with E-state index in [1.165, 1.54) is 12.8 Å². The minimum absolute atomic E-state index is 0.00192. The van der Waals surface area contributed by atoms with Crippen LogP contribution in [0, 0.1) is 28.6 Å². The normalized spacial score (nSPS) is 40.4. The molecule has 0 heterocycles. The molecule has 4 aliphatic carbocycles. The third-order valence-electron chi connectivity index (χ3n) is 10.2. The molecule has 4 aliphatic rings. The van der Waals surface area contributed by atoms with Gasteiger partial charge in [0.25, 0.3) is 0 Å². The van der Waals surface area contributed by atoms with Crippen molar-refractivity contribution in [1.29, 1.82) is 0 Å². The van der Waals surface area contributed by atoms with E-state index in [1.54, 1.807) is 0 Å². The summed E-state index contributed by atoms with van der Waals surface area (Å²) in [6.07, 6.45) is 6.37. The Kier molecular flexibility index (Phi) is 6.22. The minimum atomic E-state index is -0.212. The molecule has 5 rings (SSSR count). The van der Waals surface area contributed by atoms with Crippen LogP contribution in [0.5, 0.6) is 0 Å². The van der Waals surface area contributed by atoms with Crippen LogP contribution in [0.1, 0.15) is 80.1 Å². The van der Waals surface area contributed by atoms with Gasteiger partial charge in [-0.1, -0.05) is 59.7 Å². The van der Waals surface area contributed by atoms with E-state index in [-0.39, 0.29) is 34.1 Å². The summed E-state index contributed by atoms with van der Waals surface area (Å²) in [4.78, 5) is 0. The van der Waals surface area contributed by atoms with Crippen LogP contribution in [0.15, 0.2) is 30.3 Å². The van der Waals surface area contributed by atoms with Crippen LogP contribution in [0.25, 0.3) is 0 Å². The van der Waals surface area contributed by atoms with Crippen molar-refractivity contribution in [2.75, 3.05) is 11.9 Å². The van der Waals surface area contributed by atoms with Gasteiger partial charge in [-0.2, -0.15) is 0 Å². The number of hydrogen-bond donors (Lipinski definition) is 4. The third kappa shape index (κ3) is 3.52. The van der Waals surface area contributed by atoms with Gasteiger partial charge in [0.15, 0.2) is 0 Å². The first-order chi connectivity index (χ1) is 15.0. The van der Waals surface area contributed by atoms with Crippen molar-refractivity contribution in [3.8, 4) is 0 Å². The molecule has 4 fully saturated rings. The second kappa shape index (κ2) is 8.29. The zero-order valence-corrected chi connectivity index (χ0v) is 21.1. The van der Waals surface area contributed by atoms with E-state index in [9.17, 15) is 10.2 Å². The molecule has 4 N–H and O–H groups in total. The van der Waals surface area contributed by atoms with Crippen molar-refractivity contribution in [3.05, 3.63) is 30.3 Å². The van der Waals surface area contributed by atoms with Crippen LogP contribution in [-0.4, -0.2) is 40.0 Å². The van der Waals surface area contributed by atoms with Crippen LogP contribution >= 0.6 is 0 Å². The number of aliphatic hydroxyl groups is 2. The van der Waals surface area contributed by atoms with Crippen molar-refractivity contribution in [1.82, 2.24) is 5.32 Å². The molecule has 0 spiro atoms. The Morgan fingerprint density at radius 3 is 1.75 bits per heavy atom. The Bertz CT molecular complexity index is 792. The van der Waals surface area contributed by atoms with Gasteiger partial charge in [-0.05, 0) is 85.8 Å². The summed E-state index contributed by atoms with van der Waals surface area (Å²) in [5, 5.41) is 28.0. The monoisotopic (exact) mass is 442 g/mol. The molecule has 0 radical (unpaired) electrons. The second-order valence-electron chi connectivity index (χ2n) is 12.6. The summed E-state index contributed by atoms with van der Waals surface area (Å²) in [7, 11) is 0. The van der Waals surface area contributed by atoms with Gasteiger partial charge in [0, 0.05) is 11.2 Å². The zero-order chi connectivity index (χ0) is 23.4. The Labute approximate surface area is 195 Å². The van der Waals surface area contributed by atoms with Crippen LogP contribution < -0.4 is 10.6 Å². The molecule has 6 unspecified atom stereocenters. The van der Waals surface area contributed by atoms with Gasteiger partial charge in [-0.15, -0.1) is 0 Å². The largest absolute Gasteiger partial charge is 0.391 e. The second-order valence-corrected chi connectivity index (χ2v) is 12.6. The summed E-state index contributed by atoms with van der Waals surface area (Å²) < 4.78 is 0. The van der Waals surface area contributed by atoms with Crippen LogP contribution in [-0.2, 0) is 0 Å². The first-order valence-electron chi connectivity index (χ1n) is 12.9. The Morgan fingerprint density at radius 1 is 0.844 bits per heavy atom. The number of hydrogen-bond acceptors (Lipinski definition) is 4. The van der Waals surface area contributed by atoms with Crippen LogP contribution in [0.3, 0.4) is 0 Å². The average Bonchev–Trinajstić information content (AvgIpc) is 3.27. The smallest absolute Gasteiger partial charge is 0.0777 e. The van der Waals surface area contributed by atoms with Gasteiger partial charge >= 0.3 is 0 Å². The molecule has 0 aromatic heterocycles. The number of anilines is 1. The molecular formula is C28H46N2O2. The van der Waals surface area contributed by atoms with E-state index in [4.69, 9.17) is 0 Å². The predicted octanol–water partition coefficient (Wildman–Crippen LogP) is 5.21. The number of benzene rings is 1. The lowest BCUT2D eigenvalue weighted by molar-refractivity contribution is 0.0360. The molecule has 4 saturated carbocycles.